The first-order valence-corrected chi connectivity index (χ1v) is 12.4. The predicted octanol–water partition coefficient (Wildman–Crippen LogP) is 8.36. The van der Waals surface area contributed by atoms with E-state index in [9.17, 15) is 0 Å². The van der Waals surface area contributed by atoms with Crippen molar-refractivity contribution in [3.8, 4) is 6.07 Å². The number of hydrogen-bond donors (Lipinski definition) is 0. The normalized spacial score (nSPS) is 27.7. The molecule has 0 N–H and O–H groups in total. The molecule has 2 aliphatic rings. The highest BCUT2D eigenvalue weighted by atomic mass is 14.3. The maximum Gasteiger partial charge on any atom is 0.0908 e. The van der Waals surface area contributed by atoms with E-state index in [1.165, 1.54) is 89.0 Å². The Balaban J connectivity index is 1.30. The minimum atomic E-state index is 0.812. The maximum atomic E-state index is 8.57. The molecule has 0 heterocycles. The SMILES string of the molecule is CCCc1ccc([C@H]2CC[C@H](CC[C@H]3CC[C@H](CCC=CC#N)CC3)CC2)cc1. The number of aryl methyl sites for hydroxylation is 1. The summed E-state index contributed by atoms with van der Waals surface area (Å²) < 4.78 is 0. The lowest BCUT2D eigenvalue weighted by molar-refractivity contribution is 0.225. The number of nitriles is 1. The Labute approximate surface area is 179 Å². The van der Waals surface area contributed by atoms with Gasteiger partial charge >= 0.3 is 0 Å². The third kappa shape index (κ3) is 7.33. The van der Waals surface area contributed by atoms with Gasteiger partial charge in [-0.3, -0.25) is 0 Å². The van der Waals surface area contributed by atoms with Crippen LogP contribution < -0.4 is 0 Å². The standard InChI is InChI=1S/C28H41N/c1-2-6-23-14-18-27(19-15-23)28-20-16-26(17-21-28)13-12-25-10-8-24(9-11-25)7-4-3-5-22-29/h3,5,14-15,18-19,24-26,28H,2,4,6-13,16-17,20-21H2,1H3/t24-,25-,26-,28-. The van der Waals surface area contributed by atoms with Gasteiger partial charge in [-0.2, -0.15) is 5.26 Å². The molecule has 0 bridgehead atoms. The van der Waals surface area contributed by atoms with Crippen LogP contribution in [-0.2, 0) is 6.42 Å². The maximum absolute atomic E-state index is 8.57. The summed E-state index contributed by atoms with van der Waals surface area (Å²) in [5.41, 5.74) is 3.09. The lowest BCUT2D eigenvalue weighted by atomic mass is 9.74. The zero-order valence-electron chi connectivity index (χ0n) is 18.6. The smallest absolute Gasteiger partial charge is 0.0908 e. The summed E-state index contributed by atoms with van der Waals surface area (Å²) in [5.74, 6) is 3.70. The van der Waals surface area contributed by atoms with Crippen LogP contribution in [0.5, 0.6) is 0 Å². The quantitative estimate of drug-likeness (QED) is 0.388. The van der Waals surface area contributed by atoms with Crippen molar-refractivity contribution in [2.24, 2.45) is 17.8 Å². The van der Waals surface area contributed by atoms with Gasteiger partial charge in [0.05, 0.1) is 6.07 Å². The monoisotopic (exact) mass is 391 g/mol. The van der Waals surface area contributed by atoms with Crippen LogP contribution >= 0.6 is 0 Å². The number of allylic oxidation sites excluding steroid dienone is 2. The average Bonchev–Trinajstić information content (AvgIpc) is 2.77. The van der Waals surface area contributed by atoms with E-state index in [4.69, 9.17) is 5.26 Å². The van der Waals surface area contributed by atoms with Gasteiger partial charge in [-0.1, -0.05) is 82.2 Å². The molecular weight excluding hydrogens is 350 g/mol. The molecule has 2 saturated carbocycles. The van der Waals surface area contributed by atoms with Crippen molar-refractivity contribution in [2.45, 2.75) is 103 Å². The molecule has 1 aromatic rings. The number of benzene rings is 1. The van der Waals surface area contributed by atoms with Crippen LogP contribution in [0, 0.1) is 29.1 Å². The molecule has 0 aromatic heterocycles. The Hall–Kier alpha value is -1.55. The fourth-order valence-corrected chi connectivity index (χ4v) is 5.78. The number of hydrogen-bond acceptors (Lipinski definition) is 1. The predicted molar refractivity (Wildman–Crippen MR) is 124 cm³/mol. The zero-order valence-corrected chi connectivity index (χ0v) is 18.6. The van der Waals surface area contributed by atoms with Gasteiger partial charge in [0.25, 0.3) is 0 Å². The highest BCUT2D eigenvalue weighted by molar-refractivity contribution is 5.25. The second-order valence-corrected chi connectivity index (χ2v) is 9.78. The first kappa shape index (κ1) is 22.1. The highest BCUT2D eigenvalue weighted by Gasteiger charge is 2.25. The number of nitrogens with zero attached hydrogens (tertiary/aromatic N) is 1. The number of rotatable bonds is 9. The fourth-order valence-electron chi connectivity index (χ4n) is 5.78. The Morgan fingerprint density at radius 1 is 0.828 bits per heavy atom. The van der Waals surface area contributed by atoms with Crippen LogP contribution in [0.4, 0.5) is 0 Å². The lowest BCUT2D eigenvalue weighted by Gasteiger charge is -2.32. The van der Waals surface area contributed by atoms with Gasteiger partial charge in [0.1, 0.15) is 0 Å². The molecule has 0 atom stereocenters. The molecule has 0 amide bonds. The summed E-state index contributed by atoms with van der Waals surface area (Å²) >= 11 is 0. The molecule has 1 nitrogen and oxygen atoms in total. The summed E-state index contributed by atoms with van der Waals surface area (Å²) in [6, 6.07) is 11.6. The molecule has 0 unspecified atom stereocenters. The van der Waals surface area contributed by atoms with Crippen molar-refractivity contribution in [2.75, 3.05) is 0 Å². The molecule has 29 heavy (non-hydrogen) atoms. The van der Waals surface area contributed by atoms with E-state index in [0.717, 1.165) is 30.1 Å². The van der Waals surface area contributed by atoms with Crippen LogP contribution in [0.3, 0.4) is 0 Å². The lowest BCUT2D eigenvalue weighted by Crippen LogP contribution is -2.17. The van der Waals surface area contributed by atoms with Crippen molar-refractivity contribution in [3.05, 3.63) is 47.5 Å². The van der Waals surface area contributed by atoms with E-state index >= 15 is 0 Å². The van der Waals surface area contributed by atoms with Gasteiger partial charge in [0.2, 0.25) is 0 Å². The van der Waals surface area contributed by atoms with Crippen LogP contribution in [0.2, 0.25) is 0 Å². The summed E-state index contributed by atoms with van der Waals surface area (Å²) in [6.45, 7) is 2.26. The highest BCUT2D eigenvalue weighted by Crippen LogP contribution is 2.40. The topological polar surface area (TPSA) is 23.8 Å². The van der Waals surface area contributed by atoms with Crippen molar-refractivity contribution in [3.63, 3.8) is 0 Å². The van der Waals surface area contributed by atoms with Gasteiger partial charge in [-0.05, 0) is 79.7 Å². The molecule has 158 valence electrons. The van der Waals surface area contributed by atoms with Crippen molar-refractivity contribution in [1.29, 1.82) is 5.26 Å². The van der Waals surface area contributed by atoms with Crippen molar-refractivity contribution >= 4 is 0 Å². The molecule has 3 rings (SSSR count). The summed E-state index contributed by atoms with van der Waals surface area (Å²) in [5, 5.41) is 8.57. The van der Waals surface area contributed by atoms with Crippen LogP contribution in [0.15, 0.2) is 36.4 Å². The van der Waals surface area contributed by atoms with Gasteiger partial charge < -0.3 is 0 Å². The second kappa shape index (κ2) is 12.2. The van der Waals surface area contributed by atoms with E-state index in [2.05, 4.69) is 37.3 Å². The van der Waals surface area contributed by atoms with Crippen LogP contribution in [0.1, 0.15) is 107 Å². The first-order chi connectivity index (χ1) is 14.3. The molecule has 1 heteroatoms. The largest absolute Gasteiger partial charge is 0.193 e. The van der Waals surface area contributed by atoms with Crippen molar-refractivity contribution in [1.82, 2.24) is 0 Å². The second-order valence-electron chi connectivity index (χ2n) is 9.78. The van der Waals surface area contributed by atoms with E-state index in [1.54, 1.807) is 11.6 Å². The third-order valence-corrected chi connectivity index (χ3v) is 7.72. The minimum Gasteiger partial charge on any atom is -0.193 e. The fraction of sp³-hybridized carbons (Fsp3) is 0.679. The van der Waals surface area contributed by atoms with Crippen molar-refractivity contribution < 1.29 is 0 Å². The van der Waals surface area contributed by atoms with E-state index in [1.807, 2.05) is 6.08 Å². The average molecular weight is 392 g/mol. The van der Waals surface area contributed by atoms with E-state index in [-0.39, 0.29) is 0 Å². The summed E-state index contributed by atoms with van der Waals surface area (Å²) in [7, 11) is 0. The Morgan fingerprint density at radius 2 is 1.38 bits per heavy atom. The molecule has 0 radical (unpaired) electrons. The van der Waals surface area contributed by atoms with E-state index in [0.29, 0.717) is 0 Å². The molecule has 1 aromatic carbocycles. The van der Waals surface area contributed by atoms with Crippen LogP contribution in [-0.4, -0.2) is 0 Å². The molecule has 0 spiro atoms. The summed E-state index contributed by atoms with van der Waals surface area (Å²) in [4.78, 5) is 0. The summed E-state index contributed by atoms with van der Waals surface area (Å²) in [6.07, 6.45) is 22.9. The Kier molecular flexibility index (Phi) is 9.33. The Bertz CT molecular complexity index is 634. The molecular formula is C28H41N. The molecule has 2 aliphatic carbocycles. The molecule has 0 aliphatic heterocycles. The zero-order chi connectivity index (χ0) is 20.3. The van der Waals surface area contributed by atoms with Gasteiger partial charge in [-0.15, -0.1) is 0 Å². The first-order valence-electron chi connectivity index (χ1n) is 12.4. The molecule has 2 fully saturated rings. The minimum absolute atomic E-state index is 0.812. The van der Waals surface area contributed by atoms with E-state index < -0.39 is 0 Å². The van der Waals surface area contributed by atoms with Gasteiger partial charge in [-0.25, -0.2) is 0 Å². The third-order valence-electron chi connectivity index (χ3n) is 7.72. The van der Waals surface area contributed by atoms with Gasteiger partial charge in [0.15, 0.2) is 0 Å². The Morgan fingerprint density at radius 3 is 1.93 bits per heavy atom. The van der Waals surface area contributed by atoms with Crippen LogP contribution in [0.25, 0.3) is 0 Å². The molecule has 0 saturated heterocycles. The van der Waals surface area contributed by atoms with Gasteiger partial charge in [0, 0.05) is 6.08 Å².